The number of hydrogen-bond acceptors (Lipinski definition) is 3. The van der Waals surface area contributed by atoms with Gasteiger partial charge < -0.3 is 14.8 Å². The van der Waals surface area contributed by atoms with Crippen LogP contribution in [0.25, 0.3) is 0 Å². The normalized spacial score (nSPS) is 16.7. The zero-order valence-electron chi connectivity index (χ0n) is 11.6. The third-order valence-electron chi connectivity index (χ3n) is 4.00. The van der Waals surface area contributed by atoms with E-state index in [0.29, 0.717) is 12.3 Å². The van der Waals surface area contributed by atoms with Crippen LogP contribution in [0, 0.1) is 12.8 Å². The van der Waals surface area contributed by atoms with Gasteiger partial charge in [0.05, 0.1) is 0 Å². The number of furan rings is 1. The smallest absolute Gasteiger partial charge is 0.371 e. The molecule has 1 aliphatic carbocycles. The van der Waals surface area contributed by atoms with Crippen molar-refractivity contribution in [3.05, 3.63) is 23.2 Å². The number of nitrogens with one attached hydrogen (secondary N) is 1. The first-order chi connectivity index (χ1) is 9.16. The largest absolute Gasteiger partial charge is 0.475 e. The molecule has 1 aromatic heterocycles. The van der Waals surface area contributed by atoms with Gasteiger partial charge in [-0.3, -0.25) is 0 Å². The molecule has 0 unspecified atom stereocenters. The molecule has 1 heterocycles. The van der Waals surface area contributed by atoms with Crippen molar-refractivity contribution in [2.75, 3.05) is 6.54 Å². The van der Waals surface area contributed by atoms with E-state index in [0.717, 1.165) is 18.0 Å². The van der Waals surface area contributed by atoms with Crippen molar-refractivity contribution in [2.45, 2.75) is 52.0 Å². The van der Waals surface area contributed by atoms with Crippen LogP contribution < -0.4 is 5.32 Å². The Morgan fingerprint density at radius 3 is 2.79 bits per heavy atom. The first-order valence-corrected chi connectivity index (χ1v) is 7.20. The van der Waals surface area contributed by atoms with Crippen molar-refractivity contribution in [2.24, 2.45) is 5.92 Å². The van der Waals surface area contributed by atoms with Gasteiger partial charge in [-0.15, -0.1) is 0 Å². The molecule has 1 saturated carbocycles. The van der Waals surface area contributed by atoms with E-state index in [-0.39, 0.29) is 5.76 Å². The lowest BCUT2D eigenvalue weighted by molar-refractivity contribution is 0.0661. The predicted octanol–water partition coefficient (Wildman–Crippen LogP) is 3.35. The Hall–Kier alpha value is -1.29. The number of rotatable bonds is 6. The van der Waals surface area contributed by atoms with Gasteiger partial charge in [-0.2, -0.15) is 0 Å². The summed E-state index contributed by atoms with van der Waals surface area (Å²) in [5.41, 5.74) is 0.945. The van der Waals surface area contributed by atoms with Crippen molar-refractivity contribution in [1.29, 1.82) is 0 Å². The lowest BCUT2D eigenvalue weighted by Gasteiger charge is -2.21. The molecule has 0 radical (unpaired) electrons. The van der Waals surface area contributed by atoms with Crippen molar-refractivity contribution < 1.29 is 14.3 Å². The second-order valence-electron chi connectivity index (χ2n) is 5.47. The molecule has 1 aromatic rings. The van der Waals surface area contributed by atoms with Crippen LogP contribution in [-0.4, -0.2) is 17.6 Å². The van der Waals surface area contributed by atoms with Crippen LogP contribution in [0.2, 0.25) is 0 Å². The van der Waals surface area contributed by atoms with Crippen molar-refractivity contribution in [3.8, 4) is 0 Å². The first kappa shape index (κ1) is 14.1. The van der Waals surface area contributed by atoms with Gasteiger partial charge in [-0.25, -0.2) is 4.79 Å². The maximum atomic E-state index is 10.8. The van der Waals surface area contributed by atoms with E-state index >= 15 is 0 Å². The predicted molar refractivity (Wildman–Crippen MR) is 73.3 cm³/mol. The minimum atomic E-state index is -1.00. The molecule has 0 saturated heterocycles. The minimum Gasteiger partial charge on any atom is -0.475 e. The highest BCUT2D eigenvalue weighted by Gasteiger charge is 2.14. The molecular weight excluding hydrogens is 242 g/mol. The van der Waals surface area contributed by atoms with Gasteiger partial charge in [0.25, 0.3) is 0 Å². The Labute approximate surface area is 114 Å². The molecule has 0 atom stereocenters. The number of carboxylic acid groups (broad SMARTS) is 1. The van der Waals surface area contributed by atoms with Gasteiger partial charge in [-0.1, -0.05) is 32.1 Å². The standard InChI is InChI=1S/C15H23NO3/c1-11-13(9-14(19-11)15(17)18)10-16-8-7-12-5-3-2-4-6-12/h9,12,16H,2-8,10H2,1H3,(H,17,18). The van der Waals surface area contributed by atoms with Gasteiger partial charge >= 0.3 is 5.97 Å². The summed E-state index contributed by atoms with van der Waals surface area (Å²) in [6.07, 6.45) is 8.13. The van der Waals surface area contributed by atoms with E-state index in [2.05, 4.69) is 5.32 Å². The van der Waals surface area contributed by atoms with Crippen LogP contribution in [-0.2, 0) is 6.54 Å². The van der Waals surface area contributed by atoms with E-state index in [1.165, 1.54) is 38.5 Å². The molecule has 0 aromatic carbocycles. The quantitative estimate of drug-likeness (QED) is 0.774. The SMILES string of the molecule is Cc1oc(C(=O)O)cc1CNCCC1CCCCC1. The second-order valence-corrected chi connectivity index (χ2v) is 5.47. The van der Waals surface area contributed by atoms with E-state index in [1.54, 1.807) is 6.07 Å². The first-order valence-electron chi connectivity index (χ1n) is 7.20. The summed E-state index contributed by atoms with van der Waals surface area (Å²) in [5, 5.41) is 12.2. The summed E-state index contributed by atoms with van der Waals surface area (Å²) in [7, 11) is 0. The van der Waals surface area contributed by atoms with E-state index in [1.807, 2.05) is 6.92 Å². The van der Waals surface area contributed by atoms with Crippen molar-refractivity contribution in [1.82, 2.24) is 5.32 Å². The monoisotopic (exact) mass is 265 g/mol. The zero-order chi connectivity index (χ0) is 13.7. The molecule has 1 aliphatic rings. The minimum absolute atomic E-state index is 0.0292. The van der Waals surface area contributed by atoms with Crippen LogP contribution in [0.5, 0.6) is 0 Å². The van der Waals surface area contributed by atoms with E-state index in [9.17, 15) is 4.79 Å². The average Bonchev–Trinajstić information content (AvgIpc) is 2.78. The number of carbonyl (C=O) groups is 1. The summed E-state index contributed by atoms with van der Waals surface area (Å²) >= 11 is 0. The Morgan fingerprint density at radius 2 is 2.16 bits per heavy atom. The highest BCUT2D eigenvalue weighted by atomic mass is 16.4. The molecule has 0 aliphatic heterocycles. The molecule has 1 fully saturated rings. The van der Waals surface area contributed by atoms with Gasteiger partial charge in [0, 0.05) is 12.1 Å². The molecule has 0 amide bonds. The van der Waals surface area contributed by atoms with Crippen LogP contribution in [0.3, 0.4) is 0 Å². The summed E-state index contributed by atoms with van der Waals surface area (Å²) in [5.74, 6) is 0.599. The summed E-state index contributed by atoms with van der Waals surface area (Å²) < 4.78 is 5.18. The lowest BCUT2D eigenvalue weighted by atomic mass is 9.87. The molecule has 2 N–H and O–H groups in total. The molecule has 19 heavy (non-hydrogen) atoms. The molecular formula is C15H23NO3. The van der Waals surface area contributed by atoms with Crippen LogP contribution >= 0.6 is 0 Å². The summed E-state index contributed by atoms with van der Waals surface area (Å²) in [6, 6.07) is 1.62. The topological polar surface area (TPSA) is 62.5 Å². The van der Waals surface area contributed by atoms with Crippen molar-refractivity contribution >= 4 is 5.97 Å². The van der Waals surface area contributed by atoms with Crippen LogP contribution in [0.1, 0.15) is 60.4 Å². The Bertz CT molecular complexity index is 419. The number of aryl methyl sites for hydroxylation is 1. The molecule has 0 spiro atoms. The summed E-state index contributed by atoms with van der Waals surface area (Å²) in [6.45, 7) is 3.50. The van der Waals surface area contributed by atoms with E-state index in [4.69, 9.17) is 9.52 Å². The second kappa shape index (κ2) is 6.75. The highest BCUT2D eigenvalue weighted by Crippen LogP contribution is 2.25. The fourth-order valence-electron chi connectivity index (χ4n) is 2.81. The highest BCUT2D eigenvalue weighted by molar-refractivity contribution is 5.84. The van der Waals surface area contributed by atoms with Crippen LogP contribution in [0.15, 0.2) is 10.5 Å². The molecule has 4 nitrogen and oxygen atoms in total. The number of hydrogen-bond donors (Lipinski definition) is 2. The van der Waals surface area contributed by atoms with Gasteiger partial charge in [0.1, 0.15) is 5.76 Å². The third-order valence-corrected chi connectivity index (χ3v) is 4.00. The Kier molecular flexibility index (Phi) is 5.02. The maximum Gasteiger partial charge on any atom is 0.371 e. The van der Waals surface area contributed by atoms with E-state index < -0.39 is 5.97 Å². The Morgan fingerprint density at radius 1 is 1.42 bits per heavy atom. The van der Waals surface area contributed by atoms with Crippen LogP contribution in [0.4, 0.5) is 0 Å². The number of aromatic carboxylic acids is 1. The summed E-state index contributed by atoms with van der Waals surface area (Å²) in [4.78, 5) is 10.8. The maximum absolute atomic E-state index is 10.8. The molecule has 4 heteroatoms. The zero-order valence-corrected chi connectivity index (χ0v) is 11.6. The average molecular weight is 265 g/mol. The molecule has 2 rings (SSSR count). The third kappa shape index (κ3) is 4.10. The fraction of sp³-hybridized carbons (Fsp3) is 0.667. The van der Waals surface area contributed by atoms with Crippen molar-refractivity contribution in [3.63, 3.8) is 0 Å². The number of carboxylic acids is 1. The fourth-order valence-corrected chi connectivity index (χ4v) is 2.81. The van der Waals surface area contributed by atoms with Gasteiger partial charge in [0.15, 0.2) is 0 Å². The Balaban J connectivity index is 1.71. The molecule has 0 bridgehead atoms. The van der Waals surface area contributed by atoms with Gasteiger partial charge in [0.2, 0.25) is 5.76 Å². The van der Waals surface area contributed by atoms with Gasteiger partial charge in [-0.05, 0) is 31.9 Å². The molecule has 106 valence electrons. The lowest BCUT2D eigenvalue weighted by Crippen LogP contribution is -2.19.